The fraction of sp³-hybridized carbons (Fsp3) is 0.583. The molecule has 0 aromatic carbocycles. The van der Waals surface area contributed by atoms with Crippen LogP contribution in [0.4, 0.5) is 19.0 Å². The highest BCUT2D eigenvalue weighted by atomic mass is 35.5. The molecule has 1 fully saturated rings. The molecule has 106 valence electrons. The van der Waals surface area contributed by atoms with Crippen LogP contribution in [-0.2, 0) is 6.18 Å². The molecule has 1 aromatic heterocycles. The van der Waals surface area contributed by atoms with Crippen molar-refractivity contribution >= 4 is 17.4 Å². The summed E-state index contributed by atoms with van der Waals surface area (Å²) < 4.78 is 37.8. The van der Waals surface area contributed by atoms with Crippen LogP contribution in [0.5, 0.6) is 0 Å². The summed E-state index contributed by atoms with van der Waals surface area (Å²) >= 11 is 5.57. The normalized spacial score (nSPS) is 18.6. The van der Waals surface area contributed by atoms with E-state index in [1.54, 1.807) is 0 Å². The van der Waals surface area contributed by atoms with Crippen molar-refractivity contribution in [2.45, 2.75) is 37.5 Å². The van der Waals surface area contributed by atoms with Crippen LogP contribution in [0.15, 0.2) is 12.1 Å². The van der Waals surface area contributed by atoms with Crippen LogP contribution in [0.3, 0.4) is 0 Å². The summed E-state index contributed by atoms with van der Waals surface area (Å²) in [6, 6.07) is 1.67. The summed E-state index contributed by atoms with van der Waals surface area (Å²) in [5.41, 5.74) is -1.71. The molecule has 0 amide bonds. The van der Waals surface area contributed by atoms with E-state index in [0.717, 1.165) is 25.0 Å². The van der Waals surface area contributed by atoms with Gasteiger partial charge >= 0.3 is 6.18 Å². The van der Waals surface area contributed by atoms with Gasteiger partial charge in [-0.1, -0.05) is 24.4 Å². The van der Waals surface area contributed by atoms with Gasteiger partial charge in [0.15, 0.2) is 0 Å². The first-order valence-electron chi connectivity index (χ1n) is 6.00. The molecular weight excluding hydrogens is 281 g/mol. The second-order valence-electron chi connectivity index (χ2n) is 4.85. The molecule has 1 saturated carbocycles. The number of nitrogens with zero attached hydrogens (tertiary/aromatic N) is 1. The third kappa shape index (κ3) is 3.73. The van der Waals surface area contributed by atoms with Gasteiger partial charge < -0.3 is 10.4 Å². The number of pyridine rings is 1. The molecule has 0 radical (unpaired) electrons. The summed E-state index contributed by atoms with van der Waals surface area (Å²) in [7, 11) is 0. The predicted octanol–water partition coefficient (Wildman–Crippen LogP) is 3.47. The highest BCUT2D eigenvalue weighted by Crippen LogP contribution is 2.33. The summed E-state index contributed by atoms with van der Waals surface area (Å²) in [4.78, 5) is 3.78. The van der Waals surface area contributed by atoms with Gasteiger partial charge in [-0.2, -0.15) is 13.2 Å². The molecule has 0 atom stereocenters. The molecule has 1 aromatic rings. The van der Waals surface area contributed by atoms with Crippen molar-refractivity contribution in [2.75, 3.05) is 11.9 Å². The predicted molar refractivity (Wildman–Crippen MR) is 66.2 cm³/mol. The lowest BCUT2D eigenvalue weighted by molar-refractivity contribution is -0.137. The second-order valence-corrected chi connectivity index (χ2v) is 5.23. The number of hydrogen-bond acceptors (Lipinski definition) is 3. The quantitative estimate of drug-likeness (QED) is 0.839. The topological polar surface area (TPSA) is 45.1 Å². The monoisotopic (exact) mass is 294 g/mol. The van der Waals surface area contributed by atoms with E-state index in [-0.39, 0.29) is 17.5 Å². The van der Waals surface area contributed by atoms with E-state index >= 15 is 0 Å². The molecule has 1 heterocycles. The van der Waals surface area contributed by atoms with Gasteiger partial charge in [0.1, 0.15) is 11.0 Å². The molecule has 2 rings (SSSR count). The second kappa shape index (κ2) is 5.17. The van der Waals surface area contributed by atoms with Crippen molar-refractivity contribution in [1.29, 1.82) is 0 Å². The average Bonchev–Trinajstić information content (AvgIpc) is 2.72. The van der Waals surface area contributed by atoms with Gasteiger partial charge in [-0.05, 0) is 25.0 Å². The number of halogens is 4. The summed E-state index contributed by atoms with van der Waals surface area (Å²) in [5, 5.41) is 12.6. The molecule has 0 unspecified atom stereocenters. The van der Waals surface area contributed by atoms with E-state index in [0.29, 0.717) is 12.8 Å². The lowest BCUT2D eigenvalue weighted by Crippen LogP contribution is -2.33. The lowest BCUT2D eigenvalue weighted by Gasteiger charge is -2.23. The number of rotatable bonds is 3. The van der Waals surface area contributed by atoms with Gasteiger partial charge in [-0.15, -0.1) is 0 Å². The fourth-order valence-electron chi connectivity index (χ4n) is 2.22. The highest BCUT2D eigenvalue weighted by Gasteiger charge is 2.33. The lowest BCUT2D eigenvalue weighted by atomic mass is 10.0. The van der Waals surface area contributed by atoms with Crippen molar-refractivity contribution in [3.05, 3.63) is 22.8 Å². The SMILES string of the molecule is OC1(CNc2cc(C(F)(F)F)cc(Cl)n2)CCCC1. The van der Waals surface area contributed by atoms with E-state index in [4.69, 9.17) is 11.6 Å². The zero-order valence-electron chi connectivity index (χ0n) is 10.1. The van der Waals surface area contributed by atoms with E-state index in [2.05, 4.69) is 10.3 Å². The Balaban J connectivity index is 2.10. The van der Waals surface area contributed by atoms with Gasteiger partial charge in [0, 0.05) is 6.54 Å². The summed E-state index contributed by atoms with van der Waals surface area (Å²) in [5.74, 6) is 0.0279. The van der Waals surface area contributed by atoms with Crippen LogP contribution in [0.2, 0.25) is 5.15 Å². The van der Waals surface area contributed by atoms with Gasteiger partial charge in [-0.3, -0.25) is 0 Å². The smallest absolute Gasteiger partial charge is 0.388 e. The maximum Gasteiger partial charge on any atom is 0.416 e. The van der Waals surface area contributed by atoms with Crippen molar-refractivity contribution in [2.24, 2.45) is 0 Å². The van der Waals surface area contributed by atoms with Crippen LogP contribution in [0, 0.1) is 0 Å². The minimum atomic E-state index is -4.47. The van der Waals surface area contributed by atoms with E-state index in [9.17, 15) is 18.3 Å². The van der Waals surface area contributed by atoms with Crippen LogP contribution in [0.1, 0.15) is 31.2 Å². The molecular formula is C12H14ClF3N2O. The third-order valence-corrected chi connectivity index (χ3v) is 3.45. The van der Waals surface area contributed by atoms with Crippen molar-refractivity contribution in [3.63, 3.8) is 0 Å². The number of aromatic nitrogens is 1. The summed E-state index contributed by atoms with van der Waals surface area (Å²) in [6.07, 6.45) is -1.32. The van der Waals surface area contributed by atoms with Crippen molar-refractivity contribution in [3.8, 4) is 0 Å². The molecule has 1 aliphatic carbocycles. The minimum Gasteiger partial charge on any atom is -0.388 e. The van der Waals surface area contributed by atoms with E-state index in [1.807, 2.05) is 0 Å². The van der Waals surface area contributed by atoms with Crippen LogP contribution in [0.25, 0.3) is 0 Å². The third-order valence-electron chi connectivity index (χ3n) is 3.25. The minimum absolute atomic E-state index is 0.0279. The molecule has 7 heteroatoms. The maximum atomic E-state index is 12.6. The molecule has 1 aliphatic rings. The first kappa shape index (κ1) is 14.4. The van der Waals surface area contributed by atoms with Gasteiger partial charge in [0.25, 0.3) is 0 Å². The molecule has 0 bridgehead atoms. The molecule has 0 aliphatic heterocycles. The van der Waals surface area contributed by atoms with Crippen molar-refractivity contribution in [1.82, 2.24) is 4.98 Å². The molecule has 19 heavy (non-hydrogen) atoms. The number of anilines is 1. The molecule has 3 nitrogen and oxygen atoms in total. The van der Waals surface area contributed by atoms with Crippen LogP contribution >= 0.6 is 11.6 Å². The average molecular weight is 295 g/mol. The zero-order valence-corrected chi connectivity index (χ0v) is 10.9. The number of nitrogens with one attached hydrogen (secondary N) is 1. The largest absolute Gasteiger partial charge is 0.416 e. The number of aliphatic hydroxyl groups is 1. The van der Waals surface area contributed by atoms with Gasteiger partial charge in [0.2, 0.25) is 0 Å². The molecule has 0 spiro atoms. The first-order valence-corrected chi connectivity index (χ1v) is 6.37. The Bertz CT molecular complexity index is 459. The number of alkyl halides is 3. The molecule has 0 saturated heterocycles. The number of hydrogen-bond donors (Lipinski definition) is 2. The zero-order chi connectivity index (χ0) is 14.1. The standard InChI is InChI=1S/C12H14ClF3N2O/c13-9-5-8(12(14,15)16)6-10(18-9)17-7-11(19)3-1-2-4-11/h5-6,19H,1-4,7H2,(H,17,18). The van der Waals surface area contributed by atoms with Crippen LogP contribution in [-0.4, -0.2) is 22.2 Å². The Morgan fingerprint density at radius 3 is 2.53 bits per heavy atom. The highest BCUT2D eigenvalue weighted by molar-refractivity contribution is 6.29. The summed E-state index contributed by atoms with van der Waals surface area (Å²) in [6.45, 7) is 0.178. The Morgan fingerprint density at radius 1 is 1.32 bits per heavy atom. The first-order chi connectivity index (χ1) is 8.78. The Kier molecular flexibility index (Phi) is 3.92. The van der Waals surface area contributed by atoms with Gasteiger partial charge in [-0.25, -0.2) is 4.98 Å². The Labute approximate surface area is 113 Å². The Hall–Kier alpha value is -1.01. The molecule has 2 N–H and O–H groups in total. The van der Waals surface area contributed by atoms with Gasteiger partial charge in [0.05, 0.1) is 11.2 Å². The van der Waals surface area contributed by atoms with E-state index in [1.165, 1.54) is 0 Å². The van der Waals surface area contributed by atoms with E-state index < -0.39 is 17.3 Å². The Morgan fingerprint density at radius 2 is 1.95 bits per heavy atom. The van der Waals surface area contributed by atoms with Crippen LogP contribution < -0.4 is 5.32 Å². The fourth-order valence-corrected chi connectivity index (χ4v) is 2.42. The maximum absolute atomic E-state index is 12.6. The van der Waals surface area contributed by atoms with Crippen molar-refractivity contribution < 1.29 is 18.3 Å².